The Bertz CT molecular complexity index is 929. The standard InChI is InChI=1S/C21H21ClO5/c1-4-26-19(24)21(20(25)27-5-2)10-13-9-15-14(7-6-8-17(15)22)18(12(3)23)16(13)11-21/h6-9H,4-5,10-11H2,1-3H3. The fraction of sp³-hybridized carbons (Fsp3) is 0.381. The Morgan fingerprint density at radius 3 is 2.22 bits per heavy atom. The molecule has 0 N–H and O–H groups in total. The van der Waals surface area contributed by atoms with E-state index >= 15 is 0 Å². The Morgan fingerprint density at radius 2 is 1.67 bits per heavy atom. The molecule has 3 rings (SSSR count). The number of carbonyl (C=O) groups excluding carboxylic acids is 3. The van der Waals surface area contributed by atoms with Gasteiger partial charge in [-0.15, -0.1) is 0 Å². The number of esters is 2. The Balaban J connectivity index is 2.24. The second-order valence-electron chi connectivity index (χ2n) is 6.66. The minimum absolute atomic E-state index is 0.0807. The number of hydrogen-bond donors (Lipinski definition) is 0. The molecule has 27 heavy (non-hydrogen) atoms. The van der Waals surface area contributed by atoms with Crippen molar-refractivity contribution in [3.63, 3.8) is 0 Å². The molecule has 2 aromatic rings. The lowest BCUT2D eigenvalue weighted by atomic mass is 9.84. The number of benzene rings is 2. The highest BCUT2D eigenvalue weighted by molar-refractivity contribution is 6.36. The predicted octanol–water partition coefficient (Wildman–Crippen LogP) is 3.91. The molecule has 0 saturated heterocycles. The van der Waals surface area contributed by atoms with Crippen LogP contribution in [0.3, 0.4) is 0 Å². The minimum atomic E-state index is -1.47. The highest BCUT2D eigenvalue weighted by Gasteiger charge is 2.53. The molecule has 0 bridgehead atoms. The van der Waals surface area contributed by atoms with Crippen molar-refractivity contribution in [3.8, 4) is 0 Å². The molecule has 0 spiro atoms. The van der Waals surface area contributed by atoms with E-state index in [9.17, 15) is 14.4 Å². The van der Waals surface area contributed by atoms with Gasteiger partial charge in [-0.25, -0.2) is 0 Å². The highest BCUT2D eigenvalue weighted by Crippen LogP contribution is 2.44. The molecule has 0 unspecified atom stereocenters. The van der Waals surface area contributed by atoms with E-state index in [0.717, 1.165) is 16.3 Å². The Labute approximate surface area is 162 Å². The third-order valence-electron chi connectivity index (χ3n) is 4.99. The van der Waals surface area contributed by atoms with Crippen molar-refractivity contribution in [2.45, 2.75) is 33.6 Å². The van der Waals surface area contributed by atoms with Gasteiger partial charge in [0.25, 0.3) is 0 Å². The lowest BCUT2D eigenvalue weighted by Gasteiger charge is -2.24. The van der Waals surface area contributed by atoms with Crippen molar-refractivity contribution in [2.24, 2.45) is 5.41 Å². The summed E-state index contributed by atoms with van der Waals surface area (Å²) in [6.45, 7) is 5.17. The quantitative estimate of drug-likeness (QED) is 0.441. The van der Waals surface area contributed by atoms with Gasteiger partial charge < -0.3 is 9.47 Å². The predicted molar refractivity (Wildman–Crippen MR) is 102 cm³/mol. The van der Waals surface area contributed by atoms with E-state index in [4.69, 9.17) is 21.1 Å². The van der Waals surface area contributed by atoms with Crippen molar-refractivity contribution >= 4 is 40.1 Å². The number of halogens is 1. The zero-order chi connectivity index (χ0) is 19.8. The van der Waals surface area contributed by atoms with Crippen molar-refractivity contribution in [2.75, 3.05) is 13.2 Å². The third-order valence-corrected chi connectivity index (χ3v) is 5.31. The molecular formula is C21H21ClO5. The first-order valence-corrected chi connectivity index (χ1v) is 9.31. The number of Topliss-reactive ketones (excluding diaryl/α,β-unsaturated/α-hetero) is 1. The molecule has 5 nitrogen and oxygen atoms in total. The molecule has 0 radical (unpaired) electrons. The van der Waals surface area contributed by atoms with Crippen LogP contribution in [0.1, 0.15) is 42.3 Å². The summed E-state index contributed by atoms with van der Waals surface area (Å²) in [7, 11) is 0. The minimum Gasteiger partial charge on any atom is -0.465 e. The second kappa shape index (κ2) is 7.31. The van der Waals surface area contributed by atoms with Crippen LogP contribution in [0.4, 0.5) is 0 Å². The van der Waals surface area contributed by atoms with Crippen molar-refractivity contribution in [1.29, 1.82) is 0 Å². The lowest BCUT2D eigenvalue weighted by Crippen LogP contribution is -2.43. The number of ketones is 1. The number of ether oxygens (including phenoxy) is 2. The zero-order valence-corrected chi connectivity index (χ0v) is 16.3. The molecule has 0 amide bonds. The van der Waals surface area contributed by atoms with Crippen LogP contribution in [0, 0.1) is 5.41 Å². The first-order chi connectivity index (χ1) is 12.9. The largest absolute Gasteiger partial charge is 0.465 e. The van der Waals surface area contributed by atoms with E-state index in [1.807, 2.05) is 12.1 Å². The maximum Gasteiger partial charge on any atom is 0.324 e. The maximum absolute atomic E-state index is 12.8. The molecule has 2 aromatic carbocycles. The summed E-state index contributed by atoms with van der Waals surface area (Å²) in [5, 5.41) is 1.96. The van der Waals surface area contributed by atoms with Crippen LogP contribution in [0.15, 0.2) is 24.3 Å². The molecule has 0 atom stereocenters. The molecule has 1 aliphatic carbocycles. The third kappa shape index (κ3) is 3.10. The number of carbonyl (C=O) groups is 3. The topological polar surface area (TPSA) is 69.7 Å². The summed E-state index contributed by atoms with van der Waals surface area (Å²) < 4.78 is 10.4. The maximum atomic E-state index is 12.8. The van der Waals surface area contributed by atoms with Gasteiger partial charge in [-0.1, -0.05) is 23.7 Å². The number of rotatable bonds is 5. The summed E-state index contributed by atoms with van der Waals surface area (Å²) in [5.74, 6) is -1.38. The van der Waals surface area contributed by atoms with Crippen LogP contribution in [0.5, 0.6) is 0 Å². The van der Waals surface area contributed by atoms with E-state index in [-0.39, 0.29) is 31.8 Å². The molecule has 0 fully saturated rings. The summed E-state index contributed by atoms with van der Waals surface area (Å²) in [6.07, 6.45) is 0.207. The first kappa shape index (κ1) is 19.4. The molecule has 1 aliphatic rings. The van der Waals surface area contributed by atoms with Crippen LogP contribution in [-0.4, -0.2) is 30.9 Å². The van der Waals surface area contributed by atoms with E-state index < -0.39 is 17.4 Å². The van der Waals surface area contributed by atoms with Crippen LogP contribution >= 0.6 is 11.6 Å². The van der Waals surface area contributed by atoms with Crippen molar-refractivity contribution < 1.29 is 23.9 Å². The van der Waals surface area contributed by atoms with Crippen LogP contribution in [-0.2, 0) is 31.9 Å². The van der Waals surface area contributed by atoms with Gasteiger partial charge in [-0.05, 0) is 55.8 Å². The van der Waals surface area contributed by atoms with E-state index in [2.05, 4.69) is 0 Å². The molecule has 0 aliphatic heterocycles. The average Bonchev–Trinajstić information content (AvgIpc) is 3.01. The van der Waals surface area contributed by atoms with Gasteiger partial charge in [0.15, 0.2) is 11.2 Å². The smallest absolute Gasteiger partial charge is 0.324 e. The van der Waals surface area contributed by atoms with Gasteiger partial charge in [0.1, 0.15) is 0 Å². The van der Waals surface area contributed by atoms with E-state index in [1.165, 1.54) is 6.92 Å². The average molecular weight is 389 g/mol. The fourth-order valence-electron chi connectivity index (χ4n) is 3.85. The van der Waals surface area contributed by atoms with Crippen molar-refractivity contribution in [3.05, 3.63) is 46.0 Å². The molecule has 142 valence electrons. The zero-order valence-electron chi connectivity index (χ0n) is 15.6. The van der Waals surface area contributed by atoms with Gasteiger partial charge in [0, 0.05) is 22.4 Å². The molecule has 0 aromatic heterocycles. The van der Waals surface area contributed by atoms with Crippen LogP contribution in [0.2, 0.25) is 5.02 Å². The summed E-state index contributed by atoms with van der Waals surface area (Å²) in [6, 6.07) is 7.22. The van der Waals surface area contributed by atoms with Gasteiger partial charge >= 0.3 is 11.9 Å². The molecule has 6 heteroatoms. The highest BCUT2D eigenvalue weighted by atomic mass is 35.5. The van der Waals surface area contributed by atoms with Gasteiger partial charge in [0.2, 0.25) is 0 Å². The lowest BCUT2D eigenvalue weighted by molar-refractivity contribution is -0.171. The number of hydrogen-bond acceptors (Lipinski definition) is 5. The molecule has 0 saturated carbocycles. The fourth-order valence-corrected chi connectivity index (χ4v) is 4.08. The SMILES string of the molecule is CCOC(=O)C1(C(=O)OCC)Cc2cc3c(Cl)cccc3c(C(C)=O)c2C1. The summed E-state index contributed by atoms with van der Waals surface area (Å²) in [4.78, 5) is 38.0. The van der Waals surface area contributed by atoms with E-state index in [0.29, 0.717) is 16.1 Å². The molecular weight excluding hydrogens is 368 g/mol. The van der Waals surface area contributed by atoms with Crippen LogP contribution in [0.25, 0.3) is 10.8 Å². The Hall–Kier alpha value is -2.40. The molecule has 0 heterocycles. The van der Waals surface area contributed by atoms with Gasteiger partial charge in [-0.3, -0.25) is 14.4 Å². The van der Waals surface area contributed by atoms with Gasteiger partial charge in [0.05, 0.1) is 13.2 Å². The normalized spacial score (nSPS) is 14.7. The monoisotopic (exact) mass is 388 g/mol. The van der Waals surface area contributed by atoms with Crippen molar-refractivity contribution in [1.82, 2.24) is 0 Å². The van der Waals surface area contributed by atoms with Crippen LogP contribution < -0.4 is 0 Å². The second-order valence-corrected chi connectivity index (χ2v) is 7.06. The number of fused-ring (bicyclic) bond motifs is 2. The van der Waals surface area contributed by atoms with E-state index in [1.54, 1.807) is 26.0 Å². The summed E-state index contributed by atoms with van der Waals surface area (Å²) in [5.41, 5.74) is 0.475. The Kier molecular flexibility index (Phi) is 5.24. The first-order valence-electron chi connectivity index (χ1n) is 8.94. The van der Waals surface area contributed by atoms with Gasteiger partial charge in [-0.2, -0.15) is 0 Å². The summed E-state index contributed by atoms with van der Waals surface area (Å²) >= 11 is 6.34. The Morgan fingerprint density at radius 1 is 1.04 bits per heavy atom.